The zero-order chi connectivity index (χ0) is 26.6. The van der Waals surface area contributed by atoms with Crippen molar-refractivity contribution < 1.29 is 19.1 Å². The van der Waals surface area contributed by atoms with Gasteiger partial charge in [0.15, 0.2) is 0 Å². The predicted molar refractivity (Wildman–Crippen MR) is 147 cm³/mol. The molecular weight excluding hydrogens is 492 g/mol. The van der Waals surface area contributed by atoms with Crippen molar-refractivity contribution in [1.29, 1.82) is 0 Å². The molecule has 2 aliphatic rings. The fraction of sp³-hybridized carbons (Fsp3) is 0.714. The Labute approximate surface area is 227 Å². The van der Waals surface area contributed by atoms with Crippen molar-refractivity contribution in [2.75, 3.05) is 33.4 Å². The topological polar surface area (TPSA) is 106 Å². The first-order chi connectivity index (χ1) is 17.9. The molecule has 0 unspecified atom stereocenters. The fourth-order valence-electron chi connectivity index (χ4n) is 5.70. The van der Waals surface area contributed by atoms with Crippen LogP contribution in [0.2, 0.25) is 5.02 Å². The lowest BCUT2D eigenvalue weighted by atomic mass is 9.83. The molecule has 1 aromatic rings. The van der Waals surface area contributed by atoms with Crippen LogP contribution in [0, 0.1) is 11.8 Å². The number of benzene rings is 1. The molecule has 2 fully saturated rings. The van der Waals surface area contributed by atoms with E-state index in [9.17, 15) is 9.59 Å². The second kappa shape index (κ2) is 15.4. The van der Waals surface area contributed by atoms with E-state index in [1.54, 1.807) is 0 Å². The largest absolute Gasteiger partial charge is 0.453 e. The number of nitrogens with one attached hydrogen (secondary N) is 2. The number of urea groups is 1. The van der Waals surface area contributed by atoms with Crippen molar-refractivity contribution >= 4 is 23.7 Å². The first kappa shape index (κ1) is 29.5. The highest BCUT2D eigenvalue weighted by Gasteiger charge is 2.33. The van der Waals surface area contributed by atoms with Gasteiger partial charge < -0.3 is 30.7 Å². The van der Waals surface area contributed by atoms with E-state index in [0.29, 0.717) is 37.2 Å². The van der Waals surface area contributed by atoms with E-state index in [1.165, 1.54) is 39.2 Å². The van der Waals surface area contributed by atoms with Crippen molar-refractivity contribution in [3.63, 3.8) is 0 Å². The predicted octanol–water partition coefficient (Wildman–Crippen LogP) is 5.25. The number of piperidine rings is 1. The molecule has 4 atom stereocenters. The molecule has 3 rings (SSSR count). The van der Waals surface area contributed by atoms with Crippen molar-refractivity contribution in [2.45, 2.75) is 82.9 Å². The third-order valence-electron chi connectivity index (χ3n) is 7.81. The van der Waals surface area contributed by atoms with Gasteiger partial charge in [-0.15, -0.1) is 0 Å². The maximum atomic E-state index is 13.4. The molecule has 1 aliphatic carbocycles. The SMILES string of the molecule is CC[C@@H](N)[C@H](CC1CCCCC1)NC(=O)N1CCC[C@@H]([C@@H](OCCNC(=O)OC)c2cccc(Cl)c2)C1. The number of halogens is 1. The molecule has 1 aromatic carbocycles. The molecule has 1 saturated heterocycles. The molecule has 37 heavy (non-hydrogen) atoms. The van der Waals surface area contributed by atoms with Crippen molar-refractivity contribution in [3.05, 3.63) is 34.9 Å². The minimum absolute atomic E-state index is 0.00894. The zero-order valence-electron chi connectivity index (χ0n) is 22.4. The number of carbonyl (C=O) groups excluding carboxylic acids is 2. The molecular formula is C28H45ClN4O4. The summed E-state index contributed by atoms with van der Waals surface area (Å²) in [5, 5.41) is 6.60. The monoisotopic (exact) mass is 536 g/mol. The van der Waals surface area contributed by atoms with Gasteiger partial charge in [0.2, 0.25) is 0 Å². The number of rotatable bonds is 11. The summed E-state index contributed by atoms with van der Waals surface area (Å²) in [5.41, 5.74) is 7.45. The molecule has 1 saturated carbocycles. The van der Waals surface area contributed by atoms with E-state index in [-0.39, 0.29) is 30.1 Å². The van der Waals surface area contributed by atoms with Crippen LogP contribution in [0.3, 0.4) is 0 Å². The van der Waals surface area contributed by atoms with Gasteiger partial charge in [0.1, 0.15) is 0 Å². The van der Waals surface area contributed by atoms with Gasteiger partial charge in [-0.2, -0.15) is 0 Å². The van der Waals surface area contributed by atoms with Gasteiger partial charge in [-0.3, -0.25) is 0 Å². The van der Waals surface area contributed by atoms with Crippen LogP contribution < -0.4 is 16.4 Å². The smallest absolute Gasteiger partial charge is 0.406 e. The fourth-order valence-corrected chi connectivity index (χ4v) is 5.90. The van der Waals surface area contributed by atoms with Gasteiger partial charge in [0, 0.05) is 42.7 Å². The minimum atomic E-state index is -0.489. The number of methoxy groups -OCH3 is 1. The molecule has 0 radical (unpaired) electrons. The Hall–Kier alpha value is -2.03. The number of alkyl carbamates (subject to hydrolysis) is 1. The average molecular weight is 537 g/mol. The van der Waals surface area contributed by atoms with E-state index >= 15 is 0 Å². The normalized spacial score (nSPS) is 21.1. The van der Waals surface area contributed by atoms with Gasteiger partial charge >= 0.3 is 12.1 Å². The Bertz CT molecular complexity index is 851. The van der Waals surface area contributed by atoms with Crippen LogP contribution >= 0.6 is 11.6 Å². The summed E-state index contributed by atoms with van der Waals surface area (Å²) in [4.78, 5) is 26.8. The summed E-state index contributed by atoms with van der Waals surface area (Å²) in [6, 6.07) is 7.58. The van der Waals surface area contributed by atoms with Gasteiger partial charge in [-0.1, -0.05) is 62.8 Å². The number of likely N-dealkylation sites (tertiary alicyclic amines) is 1. The quantitative estimate of drug-likeness (QED) is 0.335. The molecule has 1 heterocycles. The molecule has 1 aliphatic heterocycles. The maximum absolute atomic E-state index is 13.4. The van der Waals surface area contributed by atoms with E-state index < -0.39 is 6.09 Å². The van der Waals surface area contributed by atoms with Crippen LogP contribution in [0.1, 0.15) is 76.4 Å². The summed E-state index contributed by atoms with van der Waals surface area (Å²) in [6.45, 7) is 4.04. The number of hydrogen-bond donors (Lipinski definition) is 3. The molecule has 208 valence electrons. The Morgan fingerprint density at radius 1 is 1.19 bits per heavy atom. The van der Waals surface area contributed by atoms with Crippen molar-refractivity contribution in [3.8, 4) is 0 Å². The molecule has 9 heteroatoms. The summed E-state index contributed by atoms with van der Waals surface area (Å²) in [7, 11) is 1.33. The average Bonchev–Trinajstić information content (AvgIpc) is 2.92. The summed E-state index contributed by atoms with van der Waals surface area (Å²) >= 11 is 6.29. The molecule has 3 amide bonds. The first-order valence-corrected chi connectivity index (χ1v) is 14.3. The molecule has 4 N–H and O–H groups in total. The number of nitrogens with two attached hydrogens (primary N) is 1. The van der Waals surface area contributed by atoms with E-state index in [1.807, 2.05) is 29.2 Å². The molecule has 0 bridgehead atoms. The van der Waals surface area contributed by atoms with Crippen molar-refractivity contribution in [1.82, 2.24) is 15.5 Å². The zero-order valence-corrected chi connectivity index (χ0v) is 23.2. The van der Waals surface area contributed by atoms with Crippen LogP contribution in [-0.2, 0) is 9.47 Å². The van der Waals surface area contributed by atoms with Crippen molar-refractivity contribution in [2.24, 2.45) is 17.6 Å². The highest BCUT2D eigenvalue weighted by atomic mass is 35.5. The number of hydrogen-bond acceptors (Lipinski definition) is 5. The second-order valence-electron chi connectivity index (χ2n) is 10.5. The summed E-state index contributed by atoms with van der Waals surface area (Å²) in [6.07, 6.45) is 9.23. The Morgan fingerprint density at radius 3 is 2.68 bits per heavy atom. The van der Waals surface area contributed by atoms with E-state index in [0.717, 1.165) is 31.2 Å². The van der Waals surface area contributed by atoms with Gasteiger partial charge in [-0.25, -0.2) is 9.59 Å². The van der Waals surface area contributed by atoms with Crippen LogP contribution in [0.4, 0.5) is 9.59 Å². The van der Waals surface area contributed by atoms with Gasteiger partial charge in [0.05, 0.1) is 19.8 Å². The number of carbonyl (C=O) groups is 2. The van der Waals surface area contributed by atoms with Crippen LogP contribution in [-0.4, -0.2) is 62.5 Å². The lowest BCUT2D eigenvalue weighted by Crippen LogP contribution is -2.54. The van der Waals surface area contributed by atoms with Crippen LogP contribution in [0.5, 0.6) is 0 Å². The van der Waals surface area contributed by atoms with E-state index in [4.69, 9.17) is 22.1 Å². The Kier molecular flexibility index (Phi) is 12.3. The number of amides is 3. The van der Waals surface area contributed by atoms with Gasteiger partial charge in [0.25, 0.3) is 0 Å². The summed E-state index contributed by atoms with van der Waals surface area (Å²) < 4.78 is 10.9. The van der Waals surface area contributed by atoms with Gasteiger partial charge in [-0.05, 0) is 49.3 Å². The lowest BCUT2D eigenvalue weighted by molar-refractivity contribution is -0.00870. The molecule has 0 spiro atoms. The Balaban J connectivity index is 1.65. The standard InChI is InChI=1S/C28H45ClN4O4/c1-3-24(30)25(17-20-9-5-4-6-10-20)32-27(34)33-15-8-12-22(19-33)26(21-11-7-13-23(29)18-21)37-16-14-31-28(35)36-2/h7,11,13,18,20,22,24-26H,3-6,8-10,12,14-17,19,30H2,1-2H3,(H,31,35)(H,32,34)/t22-,24-,25+,26+/m1/s1. The van der Waals surface area contributed by atoms with Crippen LogP contribution in [0.15, 0.2) is 24.3 Å². The maximum Gasteiger partial charge on any atom is 0.406 e. The molecule has 0 aromatic heterocycles. The van der Waals surface area contributed by atoms with Crippen LogP contribution in [0.25, 0.3) is 0 Å². The number of ether oxygens (including phenoxy) is 2. The first-order valence-electron chi connectivity index (χ1n) is 13.9. The van der Waals surface area contributed by atoms with E-state index in [2.05, 4.69) is 22.3 Å². The number of nitrogens with zero attached hydrogens (tertiary/aromatic N) is 1. The third-order valence-corrected chi connectivity index (χ3v) is 8.05. The highest BCUT2D eigenvalue weighted by molar-refractivity contribution is 6.30. The minimum Gasteiger partial charge on any atom is -0.453 e. The summed E-state index contributed by atoms with van der Waals surface area (Å²) in [5.74, 6) is 0.748. The Morgan fingerprint density at radius 2 is 1.97 bits per heavy atom. The molecule has 8 nitrogen and oxygen atoms in total. The lowest BCUT2D eigenvalue weighted by Gasteiger charge is -2.38. The highest BCUT2D eigenvalue weighted by Crippen LogP contribution is 2.34. The third kappa shape index (κ3) is 9.34. The second-order valence-corrected chi connectivity index (χ2v) is 10.9.